The third-order valence-electron chi connectivity index (χ3n) is 11.2. The quantitative estimate of drug-likeness (QED) is 0.179. The molecule has 0 bridgehead atoms. The average Bonchev–Trinajstić information content (AvgIpc) is 3.94. The summed E-state index contributed by atoms with van der Waals surface area (Å²) in [5.74, 6) is 0.207. The van der Waals surface area contributed by atoms with Crippen molar-refractivity contribution in [1.29, 1.82) is 5.26 Å². The van der Waals surface area contributed by atoms with Gasteiger partial charge in [-0.1, -0.05) is 37.2 Å². The molecule has 8 rings (SSSR count). The van der Waals surface area contributed by atoms with Crippen LogP contribution in [0.15, 0.2) is 36.6 Å². The predicted octanol–water partition coefficient (Wildman–Crippen LogP) is 8.57. The van der Waals surface area contributed by atoms with Gasteiger partial charge in [0.25, 0.3) is 0 Å². The van der Waals surface area contributed by atoms with Crippen LogP contribution in [0.3, 0.4) is 0 Å². The number of likely N-dealkylation sites (N-methyl/N-ethyl adjacent to an activating group) is 1. The average molecular weight is 777 g/mol. The molecule has 13 heteroatoms. The van der Waals surface area contributed by atoms with Crippen molar-refractivity contribution in [3.63, 3.8) is 0 Å². The molecule has 3 saturated heterocycles. The topological polar surface area (TPSA) is 74.6 Å². The highest BCUT2D eigenvalue weighted by Crippen LogP contribution is 2.48. The van der Waals surface area contributed by atoms with Crippen LogP contribution in [0, 0.1) is 23.0 Å². The molecule has 2 aromatic carbocycles. The molecular weight excluding hydrogens is 729 g/mol. The minimum absolute atomic E-state index is 0.147. The van der Waals surface area contributed by atoms with Crippen molar-refractivity contribution >= 4 is 54.7 Å². The number of benzene rings is 2. The van der Waals surface area contributed by atoms with Gasteiger partial charge in [0.2, 0.25) is 0 Å². The second kappa shape index (κ2) is 16.1. The molecule has 3 unspecified atom stereocenters. The van der Waals surface area contributed by atoms with E-state index in [-0.39, 0.29) is 32.4 Å². The molecule has 8 nitrogen and oxygen atoms in total. The summed E-state index contributed by atoms with van der Waals surface area (Å²) < 4.78 is 44.9. The zero-order valence-electron chi connectivity index (χ0n) is 31.5. The minimum Gasteiger partial charge on any atom is -0.379 e. The van der Waals surface area contributed by atoms with Crippen molar-refractivity contribution in [2.45, 2.75) is 70.1 Å². The van der Waals surface area contributed by atoms with Crippen LogP contribution in [-0.4, -0.2) is 103 Å². The molecule has 0 spiro atoms. The lowest BCUT2D eigenvalue weighted by Gasteiger charge is -2.31. The summed E-state index contributed by atoms with van der Waals surface area (Å²) >= 11 is 8.30. The summed E-state index contributed by atoms with van der Waals surface area (Å²) in [5, 5.41) is 14.8. The zero-order chi connectivity index (χ0) is 38.3. The number of likely N-dealkylation sites (tertiary alicyclic amines) is 1. The van der Waals surface area contributed by atoms with Crippen LogP contribution in [-0.2, 0) is 12.8 Å². The molecule has 0 amide bonds. The molecule has 54 heavy (non-hydrogen) atoms. The summed E-state index contributed by atoms with van der Waals surface area (Å²) in [4.78, 5) is 18.7. The maximum atomic E-state index is 17.0. The number of fused-ring (bicyclic) bond motifs is 2. The number of allylic oxidation sites excluding steroid dienone is 1. The molecule has 4 aromatic rings. The highest BCUT2D eigenvalue weighted by Gasteiger charge is 2.36. The lowest BCUT2D eigenvalue weighted by molar-refractivity contribution is 0.292. The summed E-state index contributed by atoms with van der Waals surface area (Å²) in [5.41, 5.74) is 2.77. The standard InChI is InChI=1S/C34H36ClF2N7S.C7H12FN/c1-6-25-40-31-28-22(10-8-15-44(33(28)41-25)20-13-16-43(18-20)19(2)9-7-14-42(4)5)29(35)27(30(31)37)21-11-12-24(36)32-26(21)23(17-38)34(39-3)45-32;8-6-4-7-2-1-3-9(7)5-6/h7,9,11-12,20,39H,2,6,8,10,13-16,18H2,1,3-5H3;6-7H,1-5H2/b9-7+;. The first-order valence-electron chi connectivity index (χ1n) is 19.0. The highest BCUT2D eigenvalue weighted by molar-refractivity contribution is 7.23. The van der Waals surface area contributed by atoms with E-state index >= 15 is 8.78 Å². The lowest BCUT2D eigenvalue weighted by Crippen LogP contribution is -2.38. The Morgan fingerprint density at radius 3 is 2.67 bits per heavy atom. The number of nitrogens with one attached hydrogen (secondary N) is 1. The predicted molar refractivity (Wildman–Crippen MR) is 216 cm³/mol. The number of anilines is 2. The fourth-order valence-corrected chi connectivity index (χ4v) is 9.99. The van der Waals surface area contributed by atoms with E-state index in [4.69, 9.17) is 21.6 Å². The Kier molecular flexibility index (Phi) is 11.4. The van der Waals surface area contributed by atoms with E-state index in [2.05, 4.69) is 49.7 Å². The van der Waals surface area contributed by atoms with Crippen molar-refractivity contribution in [3.8, 4) is 17.2 Å². The number of alkyl halides is 1. The number of aromatic nitrogens is 2. The number of hydrogen-bond acceptors (Lipinski definition) is 9. The molecule has 3 fully saturated rings. The van der Waals surface area contributed by atoms with Crippen molar-refractivity contribution in [3.05, 3.63) is 70.2 Å². The van der Waals surface area contributed by atoms with Gasteiger partial charge >= 0.3 is 0 Å². The molecule has 6 heterocycles. The van der Waals surface area contributed by atoms with Gasteiger partial charge in [-0.2, -0.15) is 5.26 Å². The monoisotopic (exact) mass is 776 g/mol. The third kappa shape index (κ3) is 7.16. The van der Waals surface area contributed by atoms with E-state index in [9.17, 15) is 9.65 Å². The zero-order valence-corrected chi connectivity index (χ0v) is 33.1. The van der Waals surface area contributed by atoms with Crippen LogP contribution < -0.4 is 10.2 Å². The maximum Gasteiger partial charge on any atom is 0.158 e. The van der Waals surface area contributed by atoms with Crippen LogP contribution in [0.2, 0.25) is 5.02 Å². The van der Waals surface area contributed by atoms with Crippen molar-refractivity contribution < 1.29 is 13.2 Å². The van der Waals surface area contributed by atoms with Crippen molar-refractivity contribution in [2.24, 2.45) is 0 Å². The summed E-state index contributed by atoms with van der Waals surface area (Å²) in [6.45, 7) is 11.4. The highest BCUT2D eigenvalue weighted by atomic mass is 35.5. The Morgan fingerprint density at radius 1 is 1.13 bits per heavy atom. The summed E-state index contributed by atoms with van der Waals surface area (Å²) in [6, 6.07) is 5.80. The molecule has 286 valence electrons. The summed E-state index contributed by atoms with van der Waals surface area (Å²) in [6.07, 6.45) is 9.86. The number of hydrogen-bond donors (Lipinski definition) is 1. The number of thiophene rings is 1. The smallest absolute Gasteiger partial charge is 0.158 e. The first-order chi connectivity index (χ1) is 26.0. The number of aryl methyl sites for hydroxylation is 2. The van der Waals surface area contributed by atoms with Crippen LogP contribution in [0.4, 0.5) is 24.0 Å². The molecule has 0 aliphatic carbocycles. The van der Waals surface area contributed by atoms with Gasteiger partial charge in [0, 0.05) is 74.9 Å². The Morgan fingerprint density at radius 2 is 1.94 bits per heavy atom. The Balaban J connectivity index is 0.000000433. The molecule has 0 saturated carbocycles. The van der Waals surface area contributed by atoms with E-state index in [1.54, 1.807) is 7.05 Å². The van der Waals surface area contributed by atoms with Crippen LogP contribution in [0.5, 0.6) is 0 Å². The van der Waals surface area contributed by atoms with Gasteiger partial charge in [0.15, 0.2) is 5.82 Å². The van der Waals surface area contributed by atoms with E-state index < -0.39 is 17.8 Å². The van der Waals surface area contributed by atoms with Crippen LogP contribution in [0.25, 0.3) is 32.1 Å². The minimum atomic E-state index is -0.583. The molecule has 4 aliphatic rings. The Bertz CT molecular complexity index is 2130. The van der Waals surface area contributed by atoms with Crippen molar-refractivity contribution in [2.75, 3.05) is 70.6 Å². The number of nitrogens with zero attached hydrogens (tertiary/aromatic N) is 7. The van der Waals surface area contributed by atoms with E-state index in [1.165, 1.54) is 25.0 Å². The van der Waals surface area contributed by atoms with E-state index in [0.29, 0.717) is 58.4 Å². The second-order valence-corrected chi connectivity index (χ2v) is 16.4. The van der Waals surface area contributed by atoms with Gasteiger partial charge < -0.3 is 20.0 Å². The Hall–Kier alpha value is -3.89. The van der Waals surface area contributed by atoms with E-state index in [1.807, 2.05) is 21.0 Å². The van der Waals surface area contributed by atoms with Crippen LogP contribution in [0.1, 0.15) is 56.0 Å². The van der Waals surface area contributed by atoms with E-state index in [0.717, 1.165) is 74.6 Å². The number of rotatable bonds is 8. The number of nitriles is 1. The van der Waals surface area contributed by atoms with Crippen molar-refractivity contribution in [1.82, 2.24) is 24.7 Å². The third-order valence-corrected chi connectivity index (χ3v) is 12.8. The van der Waals surface area contributed by atoms with Gasteiger partial charge in [-0.15, -0.1) is 11.3 Å². The molecule has 3 atom stereocenters. The van der Waals surface area contributed by atoms with Gasteiger partial charge in [0.1, 0.15) is 40.2 Å². The van der Waals surface area contributed by atoms with Crippen LogP contribution >= 0.6 is 22.9 Å². The largest absolute Gasteiger partial charge is 0.379 e. The fourth-order valence-electron chi connectivity index (χ4n) is 8.58. The molecule has 1 N–H and O–H groups in total. The second-order valence-electron chi connectivity index (χ2n) is 15.0. The lowest BCUT2D eigenvalue weighted by atomic mass is 9.93. The maximum absolute atomic E-state index is 17.0. The first kappa shape index (κ1) is 38.4. The molecule has 4 aliphatic heterocycles. The molecule has 0 radical (unpaired) electrons. The Labute approximate surface area is 324 Å². The molecule has 2 aromatic heterocycles. The van der Waals surface area contributed by atoms with Gasteiger partial charge in [0.05, 0.1) is 20.7 Å². The molecular formula is C41H48ClF3N8S. The van der Waals surface area contributed by atoms with Gasteiger partial charge in [-0.05, 0) is 82.4 Å². The summed E-state index contributed by atoms with van der Waals surface area (Å²) in [7, 11) is 5.75. The number of halogens is 4. The fraction of sp³-hybridized carbons (Fsp3) is 0.488. The first-order valence-corrected chi connectivity index (χ1v) is 20.2. The van der Waals surface area contributed by atoms with Gasteiger partial charge in [-0.25, -0.2) is 23.1 Å². The van der Waals surface area contributed by atoms with Gasteiger partial charge in [-0.3, -0.25) is 4.90 Å². The SMILES string of the molecule is C=C(/C=C/CN(C)C)N1CCC(N2CCCc3c(Cl)c(-c4ccc(F)c5sc(NC)c(C#N)c45)c(F)c4nc(CC)nc2c34)C1.FC1CC2CCCN2C1. The normalized spacial score (nSPS) is 21.2.